The maximum atomic E-state index is 11.9. The van der Waals surface area contributed by atoms with Gasteiger partial charge in [0.05, 0.1) is 11.2 Å². The summed E-state index contributed by atoms with van der Waals surface area (Å²) in [5, 5.41) is 15.4. The van der Waals surface area contributed by atoms with Crippen molar-refractivity contribution in [2.24, 2.45) is 5.92 Å². The minimum absolute atomic E-state index is 0. The first-order valence-electron chi connectivity index (χ1n) is 6.47. The Kier molecular flexibility index (Phi) is 7.36. The third-order valence-electron chi connectivity index (χ3n) is 3.49. The Morgan fingerprint density at radius 3 is 2.60 bits per heavy atom. The van der Waals surface area contributed by atoms with Crippen LogP contribution in [0.4, 0.5) is 0 Å². The Labute approximate surface area is 144 Å². The molecule has 3 atom stereocenters. The topological polar surface area (TPSA) is 98.3 Å². The molecule has 6 nitrogen and oxygen atoms in total. The van der Waals surface area contributed by atoms with Crippen LogP contribution in [0.5, 0.6) is 0 Å². The maximum absolute atomic E-state index is 11.9. The fourth-order valence-electron chi connectivity index (χ4n) is 2.39. The molecule has 0 aromatic carbocycles. The van der Waals surface area contributed by atoms with Crippen molar-refractivity contribution >= 4 is 29.5 Å². The summed E-state index contributed by atoms with van der Waals surface area (Å²) in [6, 6.07) is 0. The maximum Gasteiger partial charge on any atom is 1.00 e. The Morgan fingerprint density at radius 2 is 2.00 bits per heavy atom. The molecule has 2 saturated heterocycles. The van der Waals surface area contributed by atoms with E-state index < -0.39 is 11.2 Å². The molecule has 20 heavy (non-hydrogen) atoms. The molecule has 0 bridgehead atoms. The second-order valence-electron chi connectivity index (χ2n) is 4.96. The third kappa shape index (κ3) is 4.95. The third-order valence-corrected chi connectivity index (χ3v) is 5.02. The number of carboxylic acid groups (broad SMARTS) is 1. The number of hydrogen-bond donors (Lipinski definition) is 2. The molecule has 1 unspecified atom stereocenters. The van der Waals surface area contributed by atoms with Crippen molar-refractivity contribution < 1.29 is 49.0 Å². The van der Waals surface area contributed by atoms with Crippen molar-refractivity contribution in [3.63, 3.8) is 0 Å². The van der Waals surface area contributed by atoms with Crippen molar-refractivity contribution in [2.75, 3.05) is 13.1 Å². The van der Waals surface area contributed by atoms with Gasteiger partial charge in [0.25, 0.3) is 0 Å². The van der Waals surface area contributed by atoms with Crippen molar-refractivity contribution in [3.8, 4) is 0 Å². The Morgan fingerprint density at radius 1 is 1.30 bits per heavy atom. The van der Waals surface area contributed by atoms with Crippen molar-refractivity contribution in [1.82, 2.24) is 10.6 Å². The number of nitrogens with one attached hydrogen (secondary N) is 2. The van der Waals surface area contributed by atoms with E-state index in [0.717, 1.165) is 18.2 Å². The zero-order valence-electron chi connectivity index (χ0n) is 11.5. The average molecular weight is 308 g/mol. The first-order chi connectivity index (χ1) is 9.06. The van der Waals surface area contributed by atoms with Gasteiger partial charge >= 0.3 is 29.6 Å². The first-order valence-corrected chi connectivity index (χ1v) is 7.41. The summed E-state index contributed by atoms with van der Waals surface area (Å²) in [5.41, 5.74) is 0. The standard InChI is InChI=1S/C12H18N2O4S.Na/c15-10-5-7(3-4-13-10)6-14-11(16)8-1-2-9(19-8)12(17)18;/h7-9H,1-6H2,(H,13,15)(H,14,16)(H,17,18);/q;+1/p-1/t7?,8-,9+;/m0./s1. The number of carbonyl (C=O) groups is 3. The molecule has 2 N–H and O–H groups in total. The van der Waals surface area contributed by atoms with Gasteiger partial charge in [-0.3, -0.25) is 9.59 Å². The van der Waals surface area contributed by atoms with Crippen LogP contribution in [0, 0.1) is 5.92 Å². The van der Waals surface area contributed by atoms with E-state index in [4.69, 9.17) is 0 Å². The first kappa shape index (κ1) is 17.8. The number of hydrogen-bond acceptors (Lipinski definition) is 5. The summed E-state index contributed by atoms with van der Waals surface area (Å²) < 4.78 is 0. The van der Waals surface area contributed by atoms with Gasteiger partial charge in [0, 0.05) is 24.8 Å². The normalized spacial score (nSPS) is 29.2. The largest absolute Gasteiger partial charge is 1.00 e. The van der Waals surface area contributed by atoms with Crippen LogP contribution >= 0.6 is 11.8 Å². The Balaban J connectivity index is 0.00000200. The van der Waals surface area contributed by atoms with E-state index in [1.807, 2.05) is 0 Å². The minimum Gasteiger partial charge on any atom is -0.549 e. The molecule has 0 saturated carbocycles. The quantitative estimate of drug-likeness (QED) is 0.512. The predicted octanol–water partition coefficient (Wildman–Crippen LogP) is -4.35. The second-order valence-corrected chi connectivity index (χ2v) is 6.37. The zero-order chi connectivity index (χ0) is 13.8. The number of amides is 2. The molecule has 2 rings (SSSR count). The van der Waals surface area contributed by atoms with Crippen LogP contribution in [0.25, 0.3) is 0 Å². The summed E-state index contributed by atoms with van der Waals surface area (Å²) in [6.45, 7) is 1.14. The fraction of sp³-hybridized carbons (Fsp3) is 0.750. The zero-order valence-corrected chi connectivity index (χ0v) is 14.3. The van der Waals surface area contributed by atoms with Crippen LogP contribution in [0.1, 0.15) is 25.7 Å². The monoisotopic (exact) mass is 308 g/mol. The summed E-state index contributed by atoms with van der Waals surface area (Å²) >= 11 is 1.16. The van der Waals surface area contributed by atoms with E-state index >= 15 is 0 Å². The molecule has 2 aliphatic rings. The van der Waals surface area contributed by atoms with Gasteiger partial charge in [-0.05, 0) is 25.2 Å². The number of carboxylic acids is 1. The van der Waals surface area contributed by atoms with Gasteiger partial charge in [0.15, 0.2) is 0 Å². The second kappa shape index (κ2) is 8.26. The smallest absolute Gasteiger partial charge is 0.549 e. The van der Waals surface area contributed by atoms with Crippen LogP contribution in [-0.4, -0.2) is 41.4 Å². The molecule has 8 heteroatoms. The van der Waals surface area contributed by atoms with Crippen molar-refractivity contribution in [2.45, 2.75) is 36.2 Å². The van der Waals surface area contributed by atoms with E-state index in [1.54, 1.807) is 0 Å². The van der Waals surface area contributed by atoms with E-state index in [9.17, 15) is 19.5 Å². The molecular weight excluding hydrogens is 291 g/mol. The van der Waals surface area contributed by atoms with Gasteiger partial charge in [-0.2, -0.15) is 0 Å². The molecule has 2 amide bonds. The van der Waals surface area contributed by atoms with E-state index in [0.29, 0.717) is 32.4 Å². The molecule has 2 fully saturated rings. The minimum atomic E-state index is -1.09. The molecule has 0 aliphatic carbocycles. The van der Waals surface area contributed by atoms with Crippen LogP contribution in [0.3, 0.4) is 0 Å². The van der Waals surface area contributed by atoms with Gasteiger partial charge in [-0.25, -0.2) is 0 Å². The van der Waals surface area contributed by atoms with E-state index in [-0.39, 0.29) is 52.5 Å². The van der Waals surface area contributed by atoms with E-state index in [2.05, 4.69) is 10.6 Å². The van der Waals surface area contributed by atoms with Gasteiger partial charge in [0.1, 0.15) is 0 Å². The number of piperidine rings is 1. The van der Waals surface area contributed by atoms with Gasteiger partial charge in [-0.15, -0.1) is 11.8 Å². The van der Waals surface area contributed by atoms with E-state index in [1.165, 1.54) is 0 Å². The summed E-state index contributed by atoms with van der Waals surface area (Å²) in [7, 11) is 0. The van der Waals surface area contributed by atoms with Gasteiger partial charge in [-0.1, -0.05) is 0 Å². The van der Waals surface area contributed by atoms with Crippen LogP contribution in [-0.2, 0) is 14.4 Å². The van der Waals surface area contributed by atoms with Crippen LogP contribution in [0.2, 0.25) is 0 Å². The summed E-state index contributed by atoms with van der Waals surface area (Å²) in [6.07, 6.45) is 2.36. The number of rotatable bonds is 4. The molecular formula is C12H17N2NaO4S. The molecule has 2 heterocycles. The Hall–Kier alpha value is -0.240. The number of aliphatic carboxylic acids is 1. The van der Waals surface area contributed by atoms with Crippen molar-refractivity contribution in [1.29, 1.82) is 0 Å². The van der Waals surface area contributed by atoms with Gasteiger partial charge < -0.3 is 20.5 Å². The molecule has 0 aromatic rings. The molecule has 2 aliphatic heterocycles. The van der Waals surface area contributed by atoms with Gasteiger partial charge in [0.2, 0.25) is 11.8 Å². The molecule has 0 spiro atoms. The van der Waals surface area contributed by atoms with Crippen LogP contribution in [0.15, 0.2) is 0 Å². The summed E-state index contributed by atoms with van der Waals surface area (Å²) in [4.78, 5) is 33.8. The predicted molar refractivity (Wildman–Crippen MR) is 68.2 cm³/mol. The fourth-order valence-corrected chi connectivity index (χ4v) is 3.65. The number of thioether (sulfide) groups is 1. The molecule has 106 valence electrons. The molecule has 0 aromatic heterocycles. The SMILES string of the molecule is O=C1CC(CNC(=O)[C@@H]2CC[C@H](C(=O)[O-])S2)CCN1.[Na+]. The summed E-state index contributed by atoms with van der Waals surface area (Å²) in [5.74, 6) is -1.01. The van der Waals surface area contributed by atoms with Crippen LogP contribution < -0.4 is 45.3 Å². The molecule has 0 radical (unpaired) electrons. The number of carbonyl (C=O) groups excluding carboxylic acids is 3. The Bertz CT molecular complexity index is 394. The average Bonchev–Trinajstić information content (AvgIpc) is 2.86. The van der Waals surface area contributed by atoms with Crippen molar-refractivity contribution in [3.05, 3.63) is 0 Å².